The van der Waals surface area contributed by atoms with Crippen LogP contribution in [-0.2, 0) is 9.53 Å². The number of nitrogens with two attached hydrogens (primary N) is 1. The summed E-state index contributed by atoms with van der Waals surface area (Å²) < 4.78 is 6.99. The van der Waals surface area contributed by atoms with Gasteiger partial charge in [0.2, 0.25) is 5.91 Å². The van der Waals surface area contributed by atoms with Crippen molar-refractivity contribution in [3.8, 4) is 0 Å². The third-order valence-corrected chi connectivity index (χ3v) is 6.91. The first-order valence-corrected chi connectivity index (χ1v) is 11.1. The Morgan fingerprint density at radius 2 is 2.27 bits per heavy atom. The lowest BCUT2D eigenvalue weighted by Crippen LogP contribution is -2.43. The molecule has 4 aliphatic rings. The minimum atomic E-state index is -0.378. The van der Waals surface area contributed by atoms with Crippen molar-refractivity contribution >= 4 is 33.3 Å². The third-order valence-electron chi connectivity index (χ3n) is 6.12. The van der Waals surface area contributed by atoms with Crippen LogP contribution < -0.4 is 11.1 Å². The first-order valence-electron chi connectivity index (χ1n) is 10.2. The molecule has 0 spiro atoms. The number of amides is 1. The Hall–Kier alpha value is -3.13. The fourth-order valence-electron chi connectivity index (χ4n) is 4.45. The molecule has 1 atom stereocenters. The van der Waals surface area contributed by atoms with Crippen molar-refractivity contribution < 1.29 is 9.53 Å². The van der Waals surface area contributed by atoms with Gasteiger partial charge in [-0.25, -0.2) is 9.98 Å². The molecule has 2 aromatic rings. The van der Waals surface area contributed by atoms with Crippen molar-refractivity contribution in [2.75, 3.05) is 13.2 Å². The van der Waals surface area contributed by atoms with Gasteiger partial charge < -0.3 is 20.7 Å². The molecule has 1 aliphatic carbocycles. The molecule has 1 fully saturated rings. The van der Waals surface area contributed by atoms with Gasteiger partial charge in [0.1, 0.15) is 24.7 Å². The van der Waals surface area contributed by atoms with Crippen molar-refractivity contribution in [1.82, 2.24) is 15.2 Å². The van der Waals surface area contributed by atoms with Crippen molar-refractivity contribution in [3.05, 3.63) is 64.3 Å². The van der Waals surface area contributed by atoms with Crippen molar-refractivity contribution in [2.24, 2.45) is 16.6 Å². The lowest BCUT2D eigenvalue weighted by atomic mass is 10.0. The number of primary amides is 1. The summed E-state index contributed by atoms with van der Waals surface area (Å²) in [5.41, 5.74) is 13.7. The zero-order valence-electron chi connectivity index (χ0n) is 16.3. The molecule has 3 aliphatic heterocycles. The number of hydrogen-bond acceptors (Lipinski definition) is 7. The van der Waals surface area contributed by atoms with E-state index in [1.54, 1.807) is 17.6 Å². The van der Waals surface area contributed by atoms with Crippen LogP contribution in [0.25, 0.3) is 10.2 Å². The van der Waals surface area contributed by atoms with Gasteiger partial charge in [-0.05, 0) is 49.0 Å². The average Bonchev–Trinajstić information content (AvgIpc) is 3.36. The average molecular weight is 420 g/mol. The van der Waals surface area contributed by atoms with Crippen LogP contribution >= 0.6 is 11.3 Å². The van der Waals surface area contributed by atoms with Crippen LogP contribution in [0.4, 0.5) is 0 Å². The Labute approximate surface area is 177 Å². The maximum Gasteiger partial charge on any atom is 0.240 e. The number of ether oxygens (including phenoxy) is 1. The van der Waals surface area contributed by atoms with E-state index in [0.717, 1.165) is 64.4 Å². The molecule has 1 aromatic carbocycles. The number of benzene rings is 1. The quantitative estimate of drug-likeness (QED) is 0.777. The van der Waals surface area contributed by atoms with Gasteiger partial charge in [-0.3, -0.25) is 4.79 Å². The Morgan fingerprint density at radius 1 is 1.37 bits per heavy atom. The standard InChI is InChI=1S/C22H21N5O2S/c23-21(28)19(12-1-2-12)26-17-10-29-9-14-5-6-27-20(14)15(17)8-24-22(27)13-3-4-16-18(7-13)30-11-25-16/h3-4,7-8,10-12,19,26H,1-2,5-6,9H2,(H2,23,28). The van der Waals surface area contributed by atoms with Crippen LogP contribution in [0.5, 0.6) is 0 Å². The lowest BCUT2D eigenvalue weighted by Gasteiger charge is -2.30. The Balaban J connectivity index is 1.40. The molecule has 3 N–H and O–H groups in total. The molecule has 0 bridgehead atoms. The van der Waals surface area contributed by atoms with Crippen LogP contribution in [0.1, 0.15) is 24.8 Å². The van der Waals surface area contributed by atoms with E-state index in [9.17, 15) is 4.79 Å². The molecule has 1 amide bonds. The first-order chi connectivity index (χ1) is 14.7. The van der Waals surface area contributed by atoms with Gasteiger partial charge in [-0.2, -0.15) is 0 Å². The van der Waals surface area contributed by atoms with E-state index in [-0.39, 0.29) is 11.9 Å². The van der Waals surface area contributed by atoms with E-state index in [0.29, 0.717) is 12.5 Å². The van der Waals surface area contributed by atoms with Gasteiger partial charge in [0, 0.05) is 23.9 Å². The summed E-state index contributed by atoms with van der Waals surface area (Å²) in [6, 6.07) is 5.90. The number of aliphatic imine (C=N–C) groups is 1. The molecule has 0 radical (unpaired) electrons. The predicted molar refractivity (Wildman–Crippen MR) is 115 cm³/mol. The Bertz CT molecular complexity index is 1190. The van der Waals surface area contributed by atoms with Crippen LogP contribution in [0.2, 0.25) is 0 Å². The second kappa shape index (κ2) is 6.70. The summed E-state index contributed by atoms with van der Waals surface area (Å²) in [4.78, 5) is 23.5. The van der Waals surface area contributed by atoms with E-state index >= 15 is 0 Å². The third kappa shape index (κ3) is 2.82. The highest BCUT2D eigenvalue weighted by Gasteiger charge is 2.39. The molecule has 30 heavy (non-hydrogen) atoms. The number of fused-ring (bicyclic) bond motifs is 1. The summed E-state index contributed by atoms with van der Waals surface area (Å²) in [5, 5.41) is 3.36. The number of hydrogen-bond donors (Lipinski definition) is 2. The van der Waals surface area contributed by atoms with Crippen molar-refractivity contribution in [1.29, 1.82) is 0 Å². The predicted octanol–water partition coefficient (Wildman–Crippen LogP) is 2.63. The number of carbonyl (C=O) groups is 1. The van der Waals surface area contributed by atoms with Crippen LogP contribution in [0.15, 0.2) is 63.7 Å². The Morgan fingerprint density at radius 3 is 3.10 bits per heavy atom. The highest BCUT2D eigenvalue weighted by Crippen LogP contribution is 2.39. The maximum absolute atomic E-state index is 12.0. The van der Waals surface area contributed by atoms with Gasteiger partial charge >= 0.3 is 0 Å². The molecule has 8 heteroatoms. The van der Waals surface area contributed by atoms with Crippen molar-refractivity contribution in [3.63, 3.8) is 0 Å². The SMILES string of the molecule is NC(=O)C(NC1=COCC2=C3C1=CN=C(c1ccc4ncsc4c1)N3CC2)C1CC1. The summed E-state index contributed by atoms with van der Waals surface area (Å²) in [6.45, 7) is 1.40. The van der Waals surface area contributed by atoms with E-state index in [4.69, 9.17) is 15.5 Å². The number of aromatic nitrogens is 1. The second-order valence-corrected chi connectivity index (χ2v) is 8.97. The topological polar surface area (TPSA) is 92.8 Å². The second-order valence-electron chi connectivity index (χ2n) is 8.09. The number of amidine groups is 1. The maximum atomic E-state index is 12.0. The molecular formula is C22H21N5O2S. The number of nitrogens with one attached hydrogen (secondary N) is 1. The number of carbonyl (C=O) groups excluding carboxylic acids is 1. The van der Waals surface area contributed by atoms with E-state index in [1.165, 1.54) is 5.57 Å². The summed E-state index contributed by atoms with van der Waals surface area (Å²) in [6.07, 6.45) is 6.58. The minimum absolute atomic E-state index is 0.300. The fourth-order valence-corrected chi connectivity index (χ4v) is 5.17. The molecule has 4 heterocycles. The Kier molecular flexibility index (Phi) is 3.95. The molecule has 0 saturated heterocycles. The molecular weight excluding hydrogens is 398 g/mol. The van der Waals surface area contributed by atoms with E-state index in [1.807, 2.05) is 17.8 Å². The summed E-state index contributed by atoms with van der Waals surface area (Å²) in [7, 11) is 0. The smallest absolute Gasteiger partial charge is 0.240 e. The largest absolute Gasteiger partial charge is 0.495 e. The lowest BCUT2D eigenvalue weighted by molar-refractivity contribution is -0.120. The zero-order valence-corrected chi connectivity index (χ0v) is 17.1. The van der Waals surface area contributed by atoms with Crippen LogP contribution in [-0.4, -0.2) is 40.8 Å². The van der Waals surface area contributed by atoms with Crippen LogP contribution in [0.3, 0.4) is 0 Å². The first kappa shape index (κ1) is 17.7. The number of nitrogens with zero attached hydrogens (tertiary/aromatic N) is 3. The normalized spacial score (nSPS) is 21.3. The summed E-state index contributed by atoms with van der Waals surface area (Å²) in [5.74, 6) is 0.918. The van der Waals surface area contributed by atoms with E-state index in [2.05, 4.69) is 27.3 Å². The fraction of sp³-hybridized carbons (Fsp3) is 0.318. The van der Waals surface area contributed by atoms with Gasteiger partial charge in [0.05, 0.1) is 27.1 Å². The molecule has 1 saturated carbocycles. The molecule has 1 aromatic heterocycles. The highest BCUT2D eigenvalue weighted by molar-refractivity contribution is 7.16. The molecule has 6 rings (SSSR count). The minimum Gasteiger partial charge on any atom is -0.495 e. The van der Waals surface area contributed by atoms with Gasteiger partial charge in [0.15, 0.2) is 0 Å². The molecule has 152 valence electrons. The van der Waals surface area contributed by atoms with Gasteiger partial charge in [0.25, 0.3) is 0 Å². The molecule has 1 unspecified atom stereocenters. The number of rotatable bonds is 5. The summed E-state index contributed by atoms with van der Waals surface area (Å²) >= 11 is 1.63. The highest BCUT2D eigenvalue weighted by atomic mass is 32.1. The molecule has 7 nitrogen and oxygen atoms in total. The van der Waals surface area contributed by atoms with Gasteiger partial charge in [-0.15, -0.1) is 11.3 Å². The van der Waals surface area contributed by atoms with E-state index < -0.39 is 0 Å². The van der Waals surface area contributed by atoms with Gasteiger partial charge in [-0.1, -0.05) is 0 Å². The number of thiazole rings is 1. The zero-order chi connectivity index (χ0) is 20.2. The monoisotopic (exact) mass is 419 g/mol. The van der Waals surface area contributed by atoms with Crippen LogP contribution in [0, 0.1) is 5.92 Å². The van der Waals surface area contributed by atoms with Crippen molar-refractivity contribution in [2.45, 2.75) is 25.3 Å².